The summed E-state index contributed by atoms with van der Waals surface area (Å²) in [5, 5.41) is 5.03. The minimum absolute atomic E-state index is 0.0444. The van der Waals surface area contributed by atoms with Crippen molar-refractivity contribution in [2.75, 3.05) is 67.5 Å². The molecule has 0 bridgehead atoms. The first kappa shape index (κ1) is 43.8. The van der Waals surface area contributed by atoms with E-state index in [1.165, 1.54) is 12.1 Å². The van der Waals surface area contributed by atoms with Crippen LogP contribution in [-0.2, 0) is 14.3 Å². The minimum atomic E-state index is -0.997. The number of aromatic nitrogens is 1. The number of benzene rings is 3. The van der Waals surface area contributed by atoms with E-state index in [-0.39, 0.29) is 47.8 Å². The normalized spacial score (nSPS) is 21.5. The molecular formula is C49H54FN7O8. The molecule has 1 atom stereocenters. The van der Waals surface area contributed by atoms with Crippen LogP contribution in [0.15, 0.2) is 85.1 Å². The van der Waals surface area contributed by atoms with E-state index >= 15 is 4.39 Å². The number of fused-ring (bicyclic) bond motifs is 1. The van der Waals surface area contributed by atoms with Gasteiger partial charge in [0.1, 0.15) is 35.3 Å². The Kier molecular flexibility index (Phi) is 13.3. The van der Waals surface area contributed by atoms with Crippen LogP contribution in [0.5, 0.6) is 11.5 Å². The van der Waals surface area contributed by atoms with Crippen molar-refractivity contribution in [3.63, 3.8) is 0 Å². The van der Waals surface area contributed by atoms with Crippen LogP contribution in [0.1, 0.15) is 88.9 Å². The molecule has 3 saturated heterocycles. The molecule has 0 radical (unpaired) electrons. The summed E-state index contributed by atoms with van der Waals surface area (Å²) in [5.41, 5.74) is 2.05. The zero-order chi connectivity index (χ0) is 44.9. The highest BCUT2D eigenvalue weighted by Gasteiger charge is 2.45. The predicted molar refractivity (Wildman–Crippen MR) is 240 cm³/mol. The summed E-state index contributed by atoms with van der Waals surface area (Å²) >= 11 is 0. The predicted octanol–water partition coefficient (Wildman–Crippen LogP) is 5.84. The van der Waals surface area contributed by atoms with E-state index in [4.69, 9.17) is 14.2 Å². The Morgan fingerprint density at radius 2 is 1.51 bits per heavy atom. The summed E-state index contributed by atoms with van der Waals surface area (Å²) in [4.78, 5) is 75.4. The van der Waals surface area contributed by atoms with Crippen LogP contribution in [0.4, 0.5) is 21.6 Å². The Morgan fingerprint density at radius 3 is 2.25 bits per heavy atom. The number of hydrogen-bond acceptors (Lipinski definition) is 12. The van der Waals surface area contributed by atoms with E-state index in [2.05, 4.69) is 30.3 Å². The third-order valence-corrected chi connectivity index (χ3v) is 13.0. The highest BCUT2D eigenvalue weighted by Crippen LogP contribution is 2.33. The second kappa shape index (κ2) is 19.8. The molecule has 1 aromatic heterocycles. The van der Waals surface area contributed by atoms with Crippen LogP contribution in [0.3, 0.4) is 0 Å². The average molecular weight is 888 g/mol. The van der Waals surface area contributed by atoms with Gasteiger partial charge in [-0.2, -0.15) is 0 Å². The standard InChI is InChI=1S/C49H54FN7O8/c50-42-31-36(12-14-40(42)46(59)52-32-7-9-33(10-8-32)55-23-25-56(26-24-55)44-6-2-3-19-51-44)65-38-28-37(29-38)64-34-17-21-54(22-18-34)20-4-1-5-27-63-35-11-13-39-41(30-35)49(62)57(48(39)61)43-15-16-45(58)53-47(43)60/h2-3,6-14,19,30-31,34,37-38,43H,1,4-5,15-18,20-29H2,(H,52,59)(H,53,58,60)/t37-,38-,43?. The van der Waals surface area contributed by atoms with Gasteiger partial charge in [0.2, 0.25) is 11.8 Å². The first-order valence-electron chi connectivity index (χ1n) is 22.8. The molecule has 15 nitrogen and oxygen atoms in total. The molecule has 4 aromatic rings. The van der Waals surface area contributed by atoms with Crippen molar-refractivity contribution in [2.24, 2.45) is 0 Å². The lowest BCUT2D eigenvalue weighted by Gasteiger charge is -2.40. The number of pyridine rings is 1. The van der Waals surface area contributed by atoms with Crippen molar-refractivity contribution < 1.29 is 42.6 Å². The lowest BCUT2D eigenvalue weighted by molar-refractivity contribution is -0.136. The molecule has 4 aliphatic heterocycles. The third kappa shape index (κ3) is 10.3. The van der Waals surface area contributed by atoms with Crippen molar-refractivity contribution in [2.45, 2.75) is 82.1 Å². The zero-order valence-electron chi connectivity index (χ0n) is 36.3. The van der Waals surface area contributed by atoms with Gasteiger partial charge < -0.3 is 34.2 Å². The van der Waals surface area contributed by atoms with Gasteiger partial charge in [0.15, 0.2) is 0 Å². The molecule has 9 rings (SSSR count). The number of hydrogen-bond donors (Lipinski definition) is 2. The first-order chi connectivity index (χ1) is 31.6. The highest BCUT2D eigenvalue weighted by molar-refractivity contribution is 6.23. The molecule has 4 fully saturated rings. The number of amides is 5. The number of carbonyl (C=O) groups is 5. The maximum Gasteiger partial charge on any atom is 0.262 e. The van der Waals surface area contributed by atoms with Crippen molar-refractivity contribution in [3.05, 3.63) is 108 Å². The van der Waals surface area contributed by atoms with E-state index in [0.717, 1.165) is 107 Å². The van der Waals surface area contributed by atoms with Gasteiger partial charge in [-0.25, -0.2) is 9.37 Å². The molecular weight excluding hydrogens is 834 g/mol. The molecule has 340 valence electrons. The van der Waals surface area contributed by atoms with E-state index in [1.54, 1.807) is 24.3 Å². The second-order valence-electron chi connectivity index (χ2n) is 17.4. The molecule has 1 unspecified atom stereocenters. The second-order valence-corrected chi connectivity index (χ2v) is 17.4. The molecule has 3 aromatic carbocycles. The van der Waals surface area contributed by atoms with Crippen LogP contribution in [0, 0.1) is 5.82 Å². The fourth-order valence-corrected chi connectivity index (χ4v) is 9.24. The quantitative estimate of drug-likeness (QED) is 0.102. The maximum atomic E-state index is 15.2. The van der Waals surface area contributed by atoms with Crippen LogP contribution in [0.2, 0.25) is 0 Å². The lowest BCUT2D eigenvalue weighted by Crippen LogP contribution is -2.54. The Bertz CT molecular complexity index is 2380. The van der Waals surface area contributed by atoms with Gasteiger partial charge in [-0.05, 0) is 112 Å². The first-order valence-corrected chi connectivity index (χ1v) is 22.8. The molecule has 0 spiro atoms. The lowest BCUT2D eigenvalue weighted by atomic mass is 9.91. The fraction of sp³-hybridized carbons (Fsp3) is 0.429. The van der Waals surface area contributed by atoms with Crippen molar-refractivity contribution >= 4 is 46.7 Å². The van der Waals surface area contributed by atoms with Crippen LogP contribution < -0.4 is 29.9 Å². The van der Waals surface area contributed by atoms with Gasteiger partial charge in [0, 0.05) is 82.2 Å². The summed E-state index contributed by atoms with van der Waals surface area (Å²) in [5.74, 6) is -1.40. The molecule has 5 amide bonds. The minimum Gasteiger partial charge on any atom is -0.494 e. The van der Waals surface area contributed by atoms with Crippen LogP contribution >= 0.6 is 0 Å². The smallest absolute Gasteiger partial charge is 0.262 e. The summed E-state index contributed by atoms with van der Waals surface area (Å²) < 4.78 is 33.5. The van der Waals surface area contributed by atoms with Crippen LogP contribution in [0.25, 0.3) is 0 Å². The molecule has 16 heteroatoms. The topological polar surface area (TPSA) is 163 Å². The van der Waals surface area contributed by atoms with Crippen LogP contribution in [-0.4, -0.2) is 121 Å². The molecule has 5 heterocycles. The molecule has 2 N–H and O–H groups in total. The number of unbranched alkanes of at least 4 members (excludes halogenated alkanes) is 2. The number of likely N-dealkylation sites (tertiary alicyclic amines) is 1. The SMILES string of the molecule is O=C1CCC(N2C(=O)c3ccc(OCCCCCN4CCC(O[C@H]5C[C@H](Oc6ccc(C(=O)Nc7ccc(N8CCN(c9ccccn9)CC8)cc7)c(F)c6)C5)CC4)cc3C2=O)C(=O)N1. The van der Waals surface area contributed by atoms with Crippen molar-refractivity contribution in [1.82, 2.24) is 20.1 Å². The summed E-state index contributed by atoms with van der Waals surface area (Å²) in [6.45, 7) is 6.87. The maximum absolute atomic E-state index is 15.2. The number of carbonyl (C=O) groups excluding carboxylic acids is 5. The number of anilines is 3. The Labute approximate surface area is 377 Å². The number of nitrogens with zero attached hydrogens (tertiary/aromatic N) is 5. The molecule has 1 saturated carbocycles. The van der Waals surface area contributed by atoms with Gasteiger partial charge >= 0.3 is 0 Å². The fourth-order valence-electron chi connectivity index (χ4n) is 9.24. The summed E-state index contributed by atoms with van der Waals surface area (Å²) in [6.07, 6.45) is 8.51. The monoisotopic (exact) mass is 887 g/mol. The highest BCUT2D eigenvalue weighted by atomic mass is 19.1. The van der Waals surface area contributed by atoms with E-state index in [9.17, 15) is 24.0 Å². The average Bonchev–Trinajstić information content (AvgIpc) is 3.55. The van der Waals surface area contributed by atoms with Gasteiger partial charge in [0.05, 0.1) is 35.5 Å². The van der Waals surface area contributed by atoms with Gasteiger partial charge in [0.25, 0.3) is 17.7 Å². The van der Waals surface area contributed by atoms with E-state index in [0.29, 0.717) is 23.8 Å². The zero-order valence-corrected chi connectivity index (χ0v) is 36.3. The number of piperidine rings is 2. The number of ether oxygens (including phenoxy) is 3. The largest absolute Gasteiger partial charge is 0.494 e. The number of halogens is 1. The Balaban J connectivity index is 0.625. The molecule has 1 aliphatic carbocycles. The number of rotatable bonds is 16. The van der Waals surface area contributed by atoms with Crippen molar-refractivity contribution in [1.29, 1.82) is 0 Å². The molecule has 65 heavy (non-hydrogen) atoms. The van der Waals surface area contributed by atoms with Gasteiger partial charge in [-0.3, -0.25) is 34.2 Å². The van der Waals surface area contributed by atoms with E-state index < -0.39 is 41.4 Å². The number of piperazine rings is 1. The van der Waals surface area contributed by atoms with Gasteiger partial charge in [-0.15, -0.1) is 0 Å². The summed E-state index contributed by atoms with van der Waals surface area (Å²) in [6, 6.07) is 21.7. The number of imide groups is 2. The van der Waals surface area contributed by atoms with Crippen molar-refractivity contribution in [3.8, 4) is 11.5 Å². The Morgan fingerprint density at radius 1 is 0.754 bits per heavy atom. The molecule has 5 aliphatic rings. The Hall–Kier alpha value is -6.39. The number of nitrogens with one attached hydrogen (secondary N) is 2. The van der Waals surface area contributed by atoms with E-state index in [1.807, 2.05) is 48.7 Å². The third-order valence-electron chi connectivity index (χ3n) is 13.0. The van der Waals surface area contributed by atoms with Gasteiger partial charge in [-0.1, -0.05) is 6.07 Å². The summed E-state index contributed by atoms with van der Waals surface area (Å²) in [7, 11) is 0.